The fourth-order valence-electron chi connectivity index (χ4n) is 3.46. The molecule has 2 rings (SSSR count). The summed E-state index contributed by atoms with van der Waals surface area (Å²) in [6.07, 6.45) is -0.771. The number of hydrogen-bond donors (Lipinski definition) is 2. The van der Waals surface area contributed by atoms with Gasteiger partial charge in [-0.15, -0.1) is 24.0 Å². The normalized spacial score (nSPS) is 18.8. The van der Waals surface area contributed by atoms with Crippen molar-refractivity contribution in [3.63, 3.8) is 0 Å². The van der Waals surface area contributed by atoms with Gasteiger partial charge in [-0.3, -0.25) is 9.89 Å². The van der Waals surface area contributed by atoms with E-state index in [4.69, 9.17) is 4.74 Å². The number of aliphatic imine (C=N–C) groups is 1. The van der Waals surface area contributed by atoms with E-state index >= 15 is 0 Å². The van der Waals surface area contributed by atoms with Gasteiger partial charge in [0.15, 0.2) is 5.96 Å². The lowest BCUT2D eigenvalue weighted by Gasteiger charge is -2.20. The molecule has 0 aliphatic carbocycles. The summed E-state index contributed by atoms with van der Waals surface area (Å²) in [5, 5.41) is 6.41. The Morgan fingerprint density at radius 2 is 2.10 bits per heavy atom. The number of halogens is 4. The highest BCUT2D eigenvalue weighted by molar-refractivity contribution is 14.0. The van der Waals surface area contributed by atoms with Gasteiger partial charge in [0.1, 0.15) is 0 Å². The predicted octanol–water partition coefficient (Wildman–Crippen LogP) is 3.81. The molecule has 1 aliphatic rings. The number of alkyl halides is 3. The van der Waals surface area contributed by atoms with Gasteiger partial charge in [-0.2, -0.15) is 13.2 Å². The molecule has 0 saturated carbocycles. The largest absolute Gasteiger partial charge is 0.475 e. The average Bonchev–Trinajstić information content (AvgIpc) is 3.03. The first kappa shape index (κ1) is 26.7. The van der Waals surface area contributed by atoms with E-state index in [0.29, 0.717) is 43.8 Å². The van der Waals surface area contributed by atoms with Gasteiger partial charge >= 0.3 is 6.18 Å². The Hall–Kier alpha value is -1.30. The molecule has 1 aliphatic heterocycles. The molecule has 0 aromatic carbocycles. The van der Waals surface area contributed by atoms with Crippen molar-refractivity contribution in [2.24, 2.45) is 10.9 Å². The molecule has 1 fully saturated rings. The van der Waals surface area contributed by atoms with Gasteiger partial charge in [0.25, 0.3) is 0 Å². The standard InChI is InChI=1S/C20H32F3N5O.HI/c1-14(2)9-15(3)29-18-10-16(5-7-25-18)11-26-19(24-4)27-17-6-8-28(12-17)13-20(21,22)23;/h5,7,10,14-15,17H,6,8-9,11-13H2,1-4H3,(H2,24,26,27);1H. The van der Waals surface area contributed by atoms with E-state index in [2.05, 4.69) is 34.5 Å². The molecule has 0 radical (unpaired) electrons. The van der Waals surface area contributed by atoms with Crippen molar-refractivity contribution in [2.75, 3.05) is 26.7 Å². The third-order valence-corrected chi connectivity index (χ3v) is 4.62. The van der Waals surface area contributed by atoms with Crippen LogP contribution in [0.1, 0.15) is 39.2 Å². The van der Waals surface area contributed by atoms with Crippen LogP contribution in [0.15, 0.2) is 23.3 Å². The molecule has 1 aromatic rings. The molecule has 10 heteroatoms. The zero-order valence-electron chi connectivity index (χ0n) is 18.0. The lowest BCUT2D eigenvalue weighted by Crippen LogP contribution is -2.44. The molecule has 172 valence electrons. The van der Waals surface area contributed by atoms with E-state index in [-0.39, 0.29) is 36.1 Å². The Kier molecular flexibility index (Phi) is 11.2. The van der Waals surface area contributed by atoms with Crippen LogP contribution in [0.25, 0.3) is 0 Å². The Labute approximate surface area is 194 Å². The lowest BCUT2D eigenvalue weighted by molar-refractivity contribution is -0.143. The first-order valence-electron chi connectivity index (χ1n) is 10.0. The number of aromatic nitrogens is 1. The van der Waals surface area contributed by atoms with Crippen LogP contribution in [-0.4, -0.2) is 60.8 Å². The summed E-state index contributed by atoms with van der Waals surface area (Å²) >= 11 is 0. The van der Waals surface area contributed by atoms with Gasteiger partial charge < -0.3 is 15.4 Å². The van der Waals surface area contributed by atoms with Crippen molar-refractivity contribution in [3.8, 4) is 5.88 Å². The van der Waals surface area contributed by atoms with Crippen LogP contribution in [0, 0.1) is 5.92 Å². The van der Waals surface area contributed by atoms with Crippen LogP contribution < -0.4 is 15.4 Å². The summed E-state index contributed by atoms with van der Waals surface area (Å²) in [4.78, 5) is 9.85. The summed E-state index contributed by atoms with van der Waals surface area (Å²) in [5.74, 6) is 1.70. The van der Waals surface area contributed by atoms with Crippen LogP contribution in [0.4, 0.5) is 13.2 Å². The molecule has 2 heterocycles. The van der Waals surface area contributed by atoms with E-state index in [1.807, 2.05) is 19.1 Å². The number of nitrogens with one attached hydrogen (secondary N) is 2. The summed E-state index contributed by atoms with van der Waals surface area (Å²) < 4.78 is 43.5. The molecule has 0 bridgehead atoms. The second-order valence-corrected chi connectivity index (χ2v) is 7.97. The third kappa shape index (κ3) is 10.1. The Balaban J connectivity index is 0.00000450. The lowest BCUT2D eigenvalue weighted by atomic mass is 10.1. The topological polar surface area (TPSA) is 61.8 Å². The number of likely N-dealkylation sites (tertiary alicyclic amines) is 1. The average molecular weight is 543 g/mol. The summed E-state index contributed by atoms with van der Waals surface area (Å²) in [6.45, 7) is 6.75. The van der Waals surface area contributed by atoms with Gasteiger partial charge in [-0.1, -0.05) is 13.8 Å². The van der Waals surface area contributed by atoms with Crippen molar-refractivity contribution in [3.05, 3.63) is 23.9 Å². The number of rotatable bonds is 8. The van der Waals surface area contributed by atoms with Crippen molar-refractivity contribution in [2.45, 2.75) is 58.5 Å². The van der Waals surface area contributed by atoms with Gasteiger partial charge in [0.05, 0.1) is 12.6 Å². The molecule has 0 amide bonds. The molecule has 1 saturated heterocycles. The quantitative estimate of drug-likeness (QED) is 0.297. The van der Waals surface area contributed by atoms with Gasteiger partial charge in [-0.25, -0.2) is 4.98 Å². The predicted molar refractivity (Wildman–Crippen MR) is 123 cm³/mol. The number of pyridine rings is 1. The monoisotopic (exact) mass is 543 g/mol. The highest BCUT2D eigenvalue weighted by Gasteiger charge is 2.34. The molecular formula is C20H33F3IN5O. The molecule has 6 nitrogen and oxygen atoms in total. The zero-order chi connectivity index (χ0) is 21.4. The highest BCUT2D eigenvalue weighted by atomic mass is 127. The Morgan fingerprint density at radius 3 is 2.73 bits per heavy atom. The second-order valence-electron chi connectivity index (χ2n) is 7.97. The van der Waals surface area contributed by atoms with Crippen LogP contribution in [0.2, 0.25) is 0 Å². The van der Waals surface area contributed by atoms with Crippen molar-refractivity contribution < 1.29 is 17.9 Å². The number of nitrogens with zero attached hydrogens (tertiary/aromatic N) is 3. The van der Waals surface area contributed by atoms with Crippen molar-refractivity contribution in [1.82, 2.24) is 20.5 Å². The SMILES string of the molecule is CN=C(NCc1ccnc(OC(C)CC(C)C)c1)NC1CCN(CC(F)(F)F)C1.I. The van der Waals surface area contributed by atoms with Gasteiger partial charge in [-0.05, 0) is 37.3 Å². The van der Waals surface area contributed by atoms with Gasteiger partial charge in [0, 0.05) is 45.0 Å². The molecule has 1 aromatic heterocycles. The molecule has 2 N–H and O–H groups in total. The fourth-order valence-corrected chi connectivity index (χ4v) is 3.46. The molecule has 30 heavy (non-hydrogen) atoms. The minimum atomic E-state index is -4.16. The smallest absolute Gasteiger partial charge is 0.401 e. The van der Waals surface area contributed by atoms with E-state index in [1.54, 1.807) is 13.2 Å². The Morgan fingerprint density at radius 1 is 1.37 bits per heavy atom. The summed E-state index contributed by atoms with van der Waals surface area (Å²) in [5.41, 5.74) is 0.986. The van der Waals surface area contributed by atoms with Crippen molar-refractivity contribution in [1.29, 1.82) is 0 Å². The van der Waals surface area contributed by atoms with E-state index in [0.717, 1.165) is 12.0 Å². The van der Waals surface area contributed by atoms with Crippen molar-refractivity contribution >= 4 is 29.9 Å². The number of ether oxygens (including phenoxy) is 1. The first-order valence-corrected chi connectivity index (χ1v) is 10.0. The molecular weight excluding hydrogens is 510 g/mol. The maximum absolute atomic E-state index is 12.5. The van der Waals surface area contributed by atoms with Crippen LogP contribution in [0.3, 0.4) is 0 Å². The highest BCUT2D eigenvalue weighted by Crippen LogP contribution is 2.20. The number of hydrogen-bond acceptors (Lipinski definition) is 4. The maximum Gasteiger partial charge on any atom is 0.401 e. The first-order chi connectivity index (χ1) is 13.6. The Bertz CT molecular complexity index is 672. The minimum Gasteiger partial charge on any atom is -0.475 e. The third-order valence-electron chi connectivity index (χ3n) is 4.62. The molecule has 2 atom stereocenters. The van der Waals surface area contributed by atoms with E-state index in [9.17, 15) is 13.2 Å². The van der Waals surface area contributed by atoms with Gasteiger partial charge in [0.2, 0.25) is 5.88 Å². The van der Waals surface area contributed by atoms with Crippen LogP contribution in [-0.2, 0) is 6.54 Å². The second kappa shape index (κ2) is 12.5. The maximum atomic E-state index is 12.5. The van der Waals surface area contributed by atoms with E-state index < -0.39 is 12.7 Å². The summed E-state index contributed by atoms with van der Waals surface area (Å²) in [7, 11) is 1.65. The van der Waals surface area contributed by atoms with E-state index in [1.165, 1.54) is 4.90 Å². The summed E-state index contributed by atoms with van der Waals surface area (Å²) in [6, 6.07) is 3.72. The zero-order valence-corrected chi connectivity index (χ0v) is 20.3. The fraction of sp³-hybridized carbons (Fsp3) is 0.700. The minimum absolute atomic E-state index is 0. The van der Waals surface area contributed by atoms with Crippen LogP contribution >= 0.6 is 24.0 Å². The molecule has 2 unspecified atom stereocenters. The van der Waals surface area contributed by atoms with Crippen LogP contribution in [0.5, 0.6) is 5.88 Å². The number of guanidine groups is 1. The molecule has 0 spiro atoms.